The molecule has 0 bridgehead atoms. The van der Waals surface area contributed by atoms with Gasteiger partial charge >= 0.3 is 0 Å². The standard InChI is InChI=1S/C17H21N5O3.2H2/c1-17(2,24)13-5-4-11(8-18-13)12-9-19-15-16(20-12)22(6-7-25-3)10-14(23)21-15;;/h4-5,8-9,24H,6-7,10H2,1-3H3,(H,19,21,23);2*1H. The van der Waals surface area contributed by atoms with E-state index in [4.69, 9.17) is 4.74 Å². The molecule has 8 nitrogen and oxygen atoms in total. The van der Waals surface area contributed by atoms with E-state index in [-0.39, 0.29) is 15.3 Å². The first-order valence-electron chi connectivity index (χ1n) is 7.98. The number of aromatic nitrogens is 3. The molecule has 136 valence electrons. The lowest BCUT2D eigenvalue weighted by atomic mass is 10.0. The van der Waals surface area contributed by atoms with Crippen LogP contribution in [-0.4, -0.2) is 52.8 Å². The van der Waals surface area contributed by atoms with Crippen molar-refractivity contribution >= 4 is 17.5 Å². The molecule has 25 heavy (non-hydrogen) atoms. The number of methoxy groups -OCH3 is 1. The minimum absolute atomic E-state index is 0. The Balaban J connectivity index is 0.00000182. The van der Waals surface area contributed by atoms with Gasteiger partial charge in [-0.2, -0.15) is 0 Å². The van der Waals surface area contributed by atoms with Crippen LogP contribution in [0.15, 0.2) is 24.5 Å². The molecule has 0 saturated heterocycles. The van der Waals surface area contributed by atoms with Gasteiger partial charge in [0.05, 0.1) is 30.7 Å². The van der Waals surface area contributed by atoms with Crippen molar-refractivity contribution in [2.45, 2.75) is 19.4 Å². The molecule has 1 aliphatic rings. The van der Waals surface area contributed by atoms with Gasteiger partial charge < -0.3 is 20.1 Å². The number of fused-ring (bicyclic) bond motifs is 1. The number of nitrogens with one attached hydrogen (secondary N) is 1. The van der Waals surface area contributed by atoms with Crippen LogP contribution in [0.2, 0.25) is 0 Å². The second-order valence-corrected chi connectivity index (χ2v) is 6.38. The molecule has 0 fully saturated rings. The fourth-order valence-corrected chi connectivity index (χ4v) is 2.54. The molecule has 0 aliphatic carbocycles. The van der Waals surface area contributed by atoms with Crippen LogP contribution in [0, 0.1) is 0 Å². The molecule has 8 heteroatoms. The molecule has 2 aromatic heterocycles. The van der Waals surface area contributed by atoms with Crippen molar-refractivity contribution in [1.82, 2.24) is 15.0 Å². The molecular weight excluding hydrogens is 322 g/mol. The summed E-state index contributed by atoms with van der Waals surface area (Å²) in [7, 11) is 1.61. The van der Waals surface area contributed by atoms with E-state index in [0.717, 1.165) is 5.56 Å². The monoisotopic (exact) mass is 347 g/mol. The number of hydrogen-bond acceptors (Lipinski definition) is 7. The molecule has 0 aromatic carbocycles. The molecule has 0 unspecified atom stereocenters. The van der Waals surface area contributed by atoms with Crippen LogP contribution >= 0.6 is 0 Å². The van der Waals surface area contributed by atoms with Crippen LogP contribution in [0.5, 0.6) is 0 Å². The Kier molecular flexibility index (Phi) is 4.65. The average Bonchev–Trinajstić information content (AvgIpc) is 2.58. The van der Waals surface area contributed by atoms with Crippen molar-refractivity contribution in [1.29, 1.82) is 0 Å². The minimum atomic E-state index is -0.999. The SMILES string of the molecule is COCCN1CC(=O)Nc2ncc(-c3ccc(C(C)(C)O)nc3)nc21.[HH].[HH]. The zero-order chi connectivity index (χ0) is 18.0. The molecule has 1 aliphatic heterocycles. The maximum atomic E-state index is 11.8. The number of anilines is 2. The van der Waals surface area contributed by atoms with Crippen LogP contribution in [0.4, 0.5) is 11.6 Å². The smallest absolute Gasteiger partial charge is 0.245 e. The quantitative estimate of drug-likeness (QED) is 0.848. The van der Waals surface area contributed by atoms with E-state index in [0.29, 0.717) is 36.2 Å². The van der Waals surface area contributed by atoms with Gasteiger partial charge in [0.2, 0.25) is 5.91 Å². The molecule has 0 saturated carbocycles. The third-order valence-corrected chi connectivity index (χ3v) is 3.90. The van der Waals surface area contributed by atoms with Crippen LogP contribution in [0.3, 0.4) is 0 Å². The lowest BCUT2D eigenvalue weighted by Gasteiger charge is -2.28. The van der Waals surface area contributed by atoms with Crippen LogP contribution < -0.4 is 10.2 Å². The predicted molar refractivity (Wildman–Crippen MR) is 97.5 cm³/mol. The van der Waals surface area contributed by atoms with Crippen molar-refractivity contribution in [2.75, 3.05) is 37.0 Å². The van der Waals surface area contributed by atoms with Gasteiger partial charge in [0.15, 0.2) is 11.6 Å². The van der Waals surface area contributed by atoms with Crippen molar-refractivity contribution in [3.63, 3.8) is 0 Å². The zero-order valence-electron chi connectivity index (χ0n) is 14.5. The van der Waals surface area contributed by atoms with Gasteiger partial charge in [0, 0.05) is 28.3 Å². The van der Waals surface area contributed by atoms with E-state index >= 15 is 0 Å². The molecule has 3 rings (SSSR count). The Labute approximate surface area is 148 Å². The molecule has 0 spiro atoms. The summed E-state index contributed by atoms with van der Waals surface area (Å²) in [6, 6.07) is 3.61. The third kappa shape index (κ3) is 3.75. The number of rotatable bonds is 5. The fourth-order valence-electron chi connectivity index (χ4n) is 2.54. The second-order valence-electron chi connectivity index (χ2n) is 6.38. The van der Waals surface area contributed by atoms with E-state index in [1.807, 2.05) is 11.0 Å². The van der Waals surface area contributed by atoms with Crippen LogP contribution in [-0.2, 0) is 15.1 Å². The van der Waals surface area contributed by atoms with Gasteiger partial charge in [-0.15, -0.1) is 0 Å². The van der Waals surface area contributed by atoms with E-state index in [9.17, 15) is 9.90 Å². The zero-order valence-corrected chi connectivity index (χ0v) is 14.5. The fraction of sp³-hybridized carbons (Fsp3) is 0.412. The van der Waals surface area contributed by atoms with Crippen LogP contribution in [0.1, 0.15) is 22.4 Å². The van der Waals surface area contributed by atoms with Crippen molar-refractivity contribution in [3.8, 4) is 11.3 Å². The normalized spacial score (nSPS) is 14.2. The Bertz CT molecular complexity index is 781. The first-order chi connectivity index (χ1) is 11.9. The van der Waals surface area contributed by atoms with Crippen molar-refractivity contribution in [2.24, 2.45) is 0 Å². The molecular formula is C17H25N5O3. The molecule has 1 amide bonds. The number of nitrogens with zero attached hydrogens (tertiary/aromatic N) is 4. The number of aliphatic hydroxyl groups is 1. The summed E-state index contributed by atoms with van der Waals surface area (Å²) in [4.78, 5) is 26.9. The Morgan fingerprint density at radius 2 is 2.16 bits per heavy atom. The van der Waals surface area contributed by atoms with Gasteiger partial charge in [-0.1, -0.05) is 0 Å². The molecule has 3 heterocycles. The first-order valence-corrected chi connectivity index (χ1v) is 7.98. The topological polar surface area (TPSA) is 100 Å². The number of hydrogen-bond donors (Lipinski definition) is 2. The maximum Gasteiger partial charge on any atom is 0.245 e. The highest BCUT2D eigenvalue weighted by atomic mass is 16.5. The summed E-state index contributed by atoms with van der Waals surface area (Å²) in [6.07, 6.45) is 3.25. The van der Waals surface area contributed by atoms with E-state index in [1.165, 1.54) is 0 Å². The maximum absolute atomic E-state index is 11.8. The van der Waals surface area contributed by atoms with E-state index in [1.54, 1.807) is 39.4 Å². The summed E-state index contributed by atoms with van der Waals surface area (Å²) in [5.41, 5.74) is 1.01. The predicted octanol–water partition coefficient (Wildman–Crippen LogP) is 1.66. The molecule has 2 aromatic rings. The third-order valence-electron chi connectivity index (χ3n) is 3.90. The van der Waals surface area contributed by atoms with Crippen LogP contribution in [0.25, 0.3) is 11.3 Å². The first kappa shape index (κ1) is 17.2. The highest BCUT2D eigenvalue weighted by molar-refractivity contribution is 5.99. The average molecular weight is 347 g/mol. The Hall–Kier alpha value is -2.58. The van der Waals surface area contributed by atoms with Gasteiger partial charge in [-0.3, -0.25) is 9.78 Å². The number of ether oxygens (including phenoxy) is 1. The number of carbonyl (C=O) groups is 1. The minimum Gasteiger partial charge on any atom is -0.384 e. The van der Waals surface area contributed by atoms with Crippen molar-refractivity contribution < 1.29 is 17.5 Å². The van der Waals surface area contributed by atoms with Gasteiger partial charge in [-0.05, 0) is 26.0 Å². The molecule has 0 atom stereocenters. The number of pyridine rings is 1. The largest absolute Gasteiger partial charge is 0.384 e. The second kappa shape index (κ2) is 6.73. The summed E-state index contributed by atoms with van der Waals surface area (Å²) in [5.74, 6) is 0.930. The van der Waals surface area contributed by atoms with Gasteiger partial charge in [0.1, 0.15) is 5.60 Å². The lowest BCUT2D eigenvalue weighted by Crippen LogP contribution is -2.41. The Morgan fingerprint density at radius 3 is 2.80 bits per heavy atom. The number of amides is 1. The van der Waals surface area contributed by atoms with Crippen molar-refractivity contribution in [3.05, 3.63) is 30.2 Å². The lowest BCUT2D eigenvalue weighted by molar-refractivity contribution is -0.115. The summed E-state index contributed by atoms with van der Waals surface area (Å²) in [5, 5.41) is 12.7. The molecule has 2 N–H and O–H groups in total. The Morgan fingerprint density at radius 1 is 1.36 bits per heavy atom. The molecule has 0 radical (unpaired) electrons. The highest BCUT2D eigenvalue weighted by Crippen LogP contribution is 2.28. The summed E-state index contributed by atoms with van der Waals surface area (Å²) < 4.78 is 5.10. The highest BCUT2D eigenvalue weighted by Gasteiger charge is 2.25. The number of carbonyl (C=O) groups excluding carboxylic acids is 1. The van der Waals surface area contributed by atoms with Gasteiger partial charge in [-0.25, -0.2) is 9.97 Å². The van der Waals surface area contributed by atoms with E-state index in [2.05, 4.69) is 20.3 Å². The summed E-state index contributed by atoms with van der Waals surface area (Å²) in [6.45, 7) is 4.62. The van der Waals surface area contributed by atoms with Gasteiger partial charge in [0.25, 0.3) is 0 Å². The summed E-state index contributed by atoms with van der Waals surface area (Å²) >= 11 is 0. The van der Waals surface area contributed by atoms with E-state index < -0.39 is 5.60 Å².